The second-order valence-electron chi connectivity index (χ2n) is 3.37. The number of thiophene rings is 1. The molecule has 2 aromatic heterocycles. The first-order valence-corrected chi connectivity index (χ1v) is 5.47. The van der Waals surface area contributed by atoms with Gasteiger partial charge in [-0.25, -0.2) is 0 Å². The maximum absolute atomic E-state index is 8.99. The van der Waals surface area contributed by atoms with Crippen LogP contribution in [-0.2, 0) is 0 Å². The monoisotopic (exact) mass is 214 g/mol. The number of nitriles is 1. The van der Waals surface area contributed by atoms with Crippen molar-refractivity contribution in [1.82, 2.24) is 4.98 Å². The zero-order valence-corrected chi connectivity index (χ0v) is 9.43. The first-order valence-electron chi connectivity index (χ1n) is 4.65. The van der Waals surface area contributed by atoms with Crippen LogP contribution in [0.3, 0.4) is 0 Å². The average molecular weight is 214 g/mol. The van der Waals surface area contributed by atoms with Crippen molar-refractivity contribution in [3.63, 3.8) is 0 Å². The Morgan fingerprint density at radius 1 is 1.20 bits per heavy atom. The van der Waals surface area contributed by atoms with Crippen molar-refractivity contribution >= 4 is 11.3 Å². The molecule has 0 unspecified atom stereocenters. The van der Waals surface area contributed by atoms with Gasteiger partial charge in [-0.3, -0.25) is 4.98 Å². The number of hydrogen-bond acceptors (Lipinski definition) is 3. The van der Waals surface area contributed by atoms with Gasteiger partial charge >= 0.3 is 0 Å². The van der Waals surface area contributed by atoms with Gasteiger partial charge in [-0.1, -0.05) is 0 Å². The molecular weight excluding hydrogens is 204 g/mol. The van der Waals surface area contributed by atoms with Crippen molar-refractivity contribution in [1.29, 1.82) is 5.26 Å². The molecule has 2 heterocycles. The topological polar surface area (TPSA) is 36.7 Å². The van der Waals surface area contributed by atoms with Crippen molar-refractivity contribution in [3.05, 3.63) is 40.4 Å². The summed E-state index contributed by atoms with van der Waals surface area (Å²) in [4.78, 5) is 6.71. The molecule has 0 amide bonds. The van der Waals surface area contributed by atoms with Crippen molar-refractivity contribution in [3.8, 4) is 16.6 Å². The largest absolute Gasteiger partial charge is 0.251 e. The predicted octanol–water partition coefficient (Wildman–Crippen LogP) is 3.30. The van der Waals surface area contributed by atoms with Crippen molar-refractivity contribution in [2.75, 3.05) is 0 Å². The Morgan fingerprint density at radius 3 is 2.60 bits per heavy atom. The third-order valence-corrected chi connectivity index (χ3v) is 3.14. The molecule has 0 fully saturated rings. The van der Waals surface area contributed by atoms with Gasteiger partial charge in [0.1, 0.15) is 6.07 Å². The normalized spacial score (nSPS) is 9.93. The Hall–Kier alpha value is -1.66. The lowest BCUT2D eigenvalue weighted by Gasteiger charge is -2.00. The lowest BCUT2D eigenvalue weighted by atomic mass is 10.1. The molecule has 0 atom stereocenters. The Morgan fingerprint density at radius 2 is 2.00 bits per heavy atom. The van der Waals surface area contributed by atoms with Crippen LogP contribution in [0, 0.1) is 25.2 Å². The first-order chi connectivity index (χ1) is 7.20. The number of hydrogen-bond donors (Lipinski definition) is 0. The van der Waals surface area contributed by atoms with Gasteiger partial charge in [-0.2, -0.15) is 5.26 Å². The van der Waals surface area contributed by atoms with Gasteiger partial charge in [-0.15, -0.1) is 11.3 Å². The molecule has 0 N–H and O–H groups in total. The van der Waals surface area contributed by atoms with E-state index in [1.165, 1.54) is 4.88 Å². The fraction of sp³-hybridized carbons (Fsp3) is 0.167. The van der Waals surface area contributed by atoms with Gasteiger partial charge in [0.15, 0.2) is 0 Å². The standard InChI is InChI=1S/C12H10N2S/c1-8-3-5-10(7-13)12(14-8)11-6-4-9(2)15-11/h3-6H,1-2H3. The van der Waals surface area contributed by atoms with Crippen LogP contribution in [0.5, 0.6) is 0 Å². The van der Waals surface area contributed by atoms with E-state index in [0.717, 1.165) is 16.3 Å². The van der Waals surface area contributed by atoms with Gasteiger partial charge in [0.2, 0.25) is 0 Å². The number of aryl methyl sites for hydroxylation is 2. The third-order valence-electron chi connectivity index (χ3n) is 2.13. The molecule has 0 saturated heterocycles. The summed E-state index contributed by atoms with van der Waals surface area (Å²) >= 11 is 1.67. The van der Waals surface area contributed by atoms with Crippen LogP contribution in [-0.4, -0.2) is 4.98 Å². The molecule has 0 aromatic carbocycles. The molecule has 0 spiro atoms. The fourth-order valence-corrected chi connectivity index (χ4v) is 2.27. The molecular formula is C12H10N2S. The molecule has 0 aliphatic carbocycles. The minimum Gasteiger partial charge on any atom is -0.251 e. The molecule has 0 bridgehead atoms. The van der Waals surface area contributed by atoms with E-state index in [9.17, 15) is 0 Å². The van der Waals surface area contributed by atoms with Crippen LogP contribution in [0.4, 0.5) is 0 Å². The summed E-state index contributed by atoms with van der Waals surface area (Å²) in [5.41, 5.74) is 2.38. The zero-order valence-electron chi connectivity index (χ0n) is 8.61. The van der Waals surface area contributed by atoms with E-state index in [1.54, 1.807) is 11.3 Å². The quantitative estimate of drug-likeness (QED) is 0.730. The summed E-state index contributed by atoms with van der Waals surface area (Å²) in [7, 11) is 0. The van der Waals surface area contributed by atoms with E-state index < -0.39 is 0 Å². The Kier molecular flexibility index (Phi) is 2.53. The van der Waals surface area contributed by atoms with Crippen LogP contribution < -0.4 is 0 Å². The van der Waals surface area contributed by atoms with Crippen LogP contribution in [0.25, 0.3) is 10.6 Å². The van der Waals surface area contributed by atoms with E-state index in [4.69, 9.17) is 5.26 Å². The van der Waals surface area contributed by atoms with Gasteiger partial charge in [0.25, 0.3) is 0 Å². The zero-order chi connectivity index (χ0) is 10.8. The van der Waals surface area contributed by atoms with E-state index in [2.05, 4.69) is 18.0 Å². The predicted molar refractivity (Wildman–Crippen MR) is 61.7 cm³/mol. The summed E-state index contributed by atoms with van der Waals surface area (Å²) < 4.78 is 0. The summed E-state index contributed by atoms with van der Waals surface area (Å²) in [6.45, 7) is 3.99. The second-order valence-corrected chi connectivity index (χ2v) is 4.66. The summed E-state index contributed by atoms with van der Waals surface area (Å²) in [6.07, 6.45) is 0. The highest BCUT2D eigenvalue weighted by Crippen LogP contribution is 2.28. The average Bonchev–Trinajstić information content (AvgIpc) is 2.65. The molecule has 0 radical (unpaired) electrons. The highest BCUT2D eigenvalue weighted by atomic mass is 32.1. The minimum absolute atomic E-state index is 0.641. The Balaban J connectivity index is 2.61. The highest BCUT2D eigenvalue weighted by molar-refractivity contribution is 7.15. The van der Waals surface area contributed by atoms with Crippen LogP contribution >= 0.6 is 11.3 Å². The van der Waals surface area contributed by atoms with Gasteiger partial charge in [-0.05, 0) is 38.1 Å². The van der Waals surface area contributed by atoms with Crippen LogP contribution in [0.1, 0.15) is 16.1 Å². The van der Waals surface area contributed by atoms with Gasteiger partial charge in [0.05, 0.1) is 16.1 Å². The van der Waals surface area contributed by atoms with E-state index in [0.29, 0.717) is 5.56 Å². The Bertz CT molecular complexity index is 535. The molecule has 74 valence electrons. The van der Waals surface area contributed by atoms with Gasteiger partial charge < -0.3 is 0 Å². The maximum atomic E-state index is 8.99. The minimum atomic E-state index is 0.641. The van der Waals surface area contributed by atoms with Crippen molar-refractivity contribution in [2.45, 2.75) is 13.8 Å². The van der Waals surface area contributed by atoms with Crippen LogP contribution in [0.2, 0.25) is 0 Å². The molecule has 2 rings (SSSR count). The SMILES string of the molecule is Cc1ccc(C#N)c(-c2ccc(C)s2)n1. The maximum Gasteiger partial charge on any atom is 0.101 e. The fourth-order valence-electron chi connectivity index (χ4n) is 1.40. The molecule has 3 heteroatoms. The summed E-state index contributed by atoms with van der Waals surface area (Å²) in [5.74, 6) is 0. The third kappa shape index (κ3) is 1.90. The molecule has 0 saturated carbocycles. The van der Waals surface area contributed by atoms with Crippen LogP contribution in [0.15, 0.2) is 24.3 Å². The molecule has 15 heavy (non-hydrogen) atoms. The van der Waals surface area contributed by atoms with Gasteiger partial charge in [0, 0.05) is 10.6 Å². The second kappa shape index (κ2) is 3.84. The van der Waals surface area contributed by atoms with Crippen molar-refractivity contribution in [2.24, 2.45) is 0 Å². The first kappa shape index (κ1) is 9.88. The highest BCUT2D eigenvalue weighted by Gasteiger charge is 2.08. The molecule has 0 aliphatic rings. The van der Waals surface area contributed by atoms with Crippen molar-refractivity contribution < 1.29 is 0 Å². The lowest BCUT2D eigenvalue weighted by Crippen LogP contribution is -1.89. The summed E-state index contributed by atoms with van der Waals surface area (Å²) in [6, 6.07) is 9.93. The lowest BCUT2D eigenvalue weighted by molar-refractivity contribution is 1.20. The smallest absolute Gasteiger partial charge is 0.101 e. The number of rotatable bonds is 1. The van der Waals surface area contributed by atoms with E-state index in [-0.39, 0.29) is 0 Å². The molecule has 0 aliphatic heterocycles. The number of nitrogens with zero attached hydrogens (tertiary/aromatic N) is 2. The number of pyridine rings is 1. The Labute approximate surface area is 92.8 Å². The number of aromatic nitrogens is 1. The molecule has 2 nitrogen and oxygen atoms in total. The van der Waals surface area contributed by atoms with E-state index >= 15 is 0 Å². The summed E-state index contributed by atoms with van der Waals surface area (Å²) in [5, 5.41) is 8.99. The van der Waals surface area contributed by atoms with E-state index in [1.807, 2.05) is 31.2 Å². The molecule has 2 aromatic rings.